The zero-order valence-corrected chi connectivity index (χ0v) is 16.0. The number of carbonyl (C=O) groups excluding carboxylic acids is 2. The standard InChI is InChI=1S/C19H18F3N3O3S/c20-19(21,22)18-23-14(11-29-18)17(27)13-7-9-25(10-8-13)15-4-2-1-3-12(15)5-6-16(26)24-28/h1-6,11,13,28H,7-10H2,(H,24,26)/b6-5+. The summed E-state index contributed by atoms with van der Waals surface area (Å²) in [7, 11) is 0. The van der Waals surface area contributed by atoms with Crippen LogP contribution in [0.4, 0.5) is 18.9 Å². The first-order valence-corrected chi connectivity index (χ1v) is 9.70. The lowest BCUT2D eigenvalue weighted by atomic mass is 9.90. The van der Waals surface area contributed by atoms with E-state index in [1.165, 1.54) is 16.9 Å². The molecule has 1 aromatic carbocycles. The minimum absolute atomic E-state index is 0.126. The van der Waals surface area contributed by atoms with Crippen molar-refractivity contribution < 1.29 is 28.0 Å². The topological polar surface area (TPSA) is 82.5 Å². The van der Waals surface area contributed by atoms with Crippen molar-refractivity contribution in [3.8, 4) is 0 Å². The number of nitrogens with one attached hydrogen (secondary N) is 1. The van der Waals surface area contributed by atoms with Gasteiger partial charge < -0.3 is 4.90 Å². The van der Waals surface area contributed by atoms with E-state index < -0.39 is 17.1 Å². The Morgan fingerprint density at radius 1 is 1.24 bits per heavy atom. The van der Waals surface area contributed by atoms with Gasteiger partial charge in [0.05, 0.1) is 0 Å². The van der Waals surface area contributed by atoms with E-state index in [2.05, 4.69) is 9.88 Å². The molecule has 0 radical (unpaired) electrons. The summed E-state index contributed by atoms with van der Waals surface area (Å²) in [5.41, 5.74) is 3.04. The van der Waals surface area contributed by atoms with Gasteiger partial charge in [-0.1, -0.05) is 18.2 Å². The highest BCUT2D eigenvalue weighted by atomic mass is 32.1. The molecule has 6 nitrogen and oxygen atoms in total. The van der Waals surface area contributed by atoms with Crippen molar-refractivity contribution in [1.29, 1.82) is 0 Å². The van der Waals surface area contributed by atoms with E-state index in [-0.39, 0.29) is 17.4 Å². The number of para-hydroxylation sites is 1. The van der Waals surface area contributed by atoms with E-state index in [1.54, 1.807) is 6.08 Å². The highest BCUT2D eigenvalue weighted by Crippen LogP contribution is 2.33. The van der Waals surface area contributed by atoms with Gasteiger partial charge in [-0.25, -0.2) is 10.5 Å². The van der Waals surface area contributed by atoms with Crippen LogP contribution in [0.15, 0.2) is 35.7 Å². The molecule has 1 aliphatic rings. The molecule has 0 spiro atoms. The third-order valence-electron chi connectivity index (χ3n) is 4.67. The maximum atomic E-state index is 12.7. The van der Waals surface area contributed by atoms with Crippen LogP contribution in [0.2, 0.25) is 0 Å². The van der Waals surface area contributed by atoms with Gasteiger partial charge in [0.25, 0.3) is 5.91 Å². The normalized spacial score (nSPS) is 15.7. The number of Topliss-reactive ketones (excluding diaryl/α,β-unsaturated/α-hetero) is 1. The Morgan fingerprint density at radius 2 is 1.93 bits per heavy atom. The summed E-state index contributed by atoms with van der Waals surface area (Å²) in [5, 5.41) is 8.75. The van der Waals surface area contributed by atoms with Crippen LogP contribution < -0.4 is 10.4 Å². The molecule has 3 rings (SSSR count). The predicted molar refractivity (Wildman–Crippen MR) is 102 cm³/mol. The highest BCUT2D eigenvalue weighted by molar-refractivity contribution is 7.10. The van der Waals surface area contributed by atoms with Crippen molar-refractivity contribution in [1.82, 2.24) is 10.5 Å². The number of rotatable bonds is 5. The fraction of sp³-hybridized carbons (Fsp3) is 0.316. The molecule has 0 saturated carbocycles. The zero-order chi connectivity index (χ0) is 21.0. The summed E-state index contributed by atoms with van der Waals surface area (Å²) in [6.07, 6.45) is -0.780. The third-order valence-corrected chi connectivity index (χ3v) is 5.55. The first-order chi connectivity index (χ1) is 13.8. The van der Waals surface area contributed by atoms with Crippen LogP contribution in [0.25, 0.3) is 6.08 Å². The number of halogens is 3. The Bertz CT molecular complexity index is 919. The quantitative estimate of drug-likeness (QED) is 0.330. The summed E-state index contributed by atoms with van der Waals surface area (Å²) < 4.78 is 38.1. The van der Waals surface area contributed by atoms with Crippen molar-refractivity contribution in [2.45, 2.75) is 19.0 Å². The second kappa shape index (κ2) is 8.75. The van der Waals surface area contributed by atoms with Crippen LogP contribution in [0.1, 0.15) is 33.9 Å². The molecule has 1 saturated heterocycles. The van der Waals surface area contributed by atoms with Crippen LogP contribution in [0.5, 0.6) is 0 Å². The number of alkyl halides is 3. The largest absolute Gasteiger partial charge is 0.443 e. The van der Waals surface area contributed by atoms with Crippen molar-refractivity contribution in [2.75, 3.05) is 18.0 Å². The van der Waals surface area contributed by atoms with E-state index in [0.29, 0.717) is 37.3 Å². The number of amides is 1. The summed E-state index contributed by atoms with van der Waals surface area (Å²) in [4.78, 5) is 29.3. The molecular formula is C19H18F3N3O3S. The molecule has 2 aromatic rings. The first-order valence-electron chi connectivity index (χ1n) is 8.82. The van der Waals surface area contributed by atoms with E-state index >= 15 is 0 Å². The summed E-state index contributed by atoms with van der Waals surface area (Å²) in [6, 6.07) is 7.37. The van der Waals surface area contributed by atoms with Gasteiger partial charge in [-0.2, -0.15) is 13.2 Å². The van der Waals surface area contributed by atoms with Gasteiger partial charge in [-0.15, -0.1) is 11.3 Å². The number of anilines is 1. The molecule has 2 heterocycles. The molecule has 0 unspecified atom stereocenters. The van der Waals surface area contributed by atoms with E-state index in [4.69, 9.17) is 5.21 Å². The molecule has 0 aliphatic carbocycles. The lowest BCUT2D eigenvalue weighted by Crippen LogP contribution is -2.36. The minimum Gasteiger partial charge on any atom is -0.371 e. The fourth-order valence-electron chi connectivity index (χ4n) is 3.23. The maximum Gasteiger partial charge on any atom is 0.443 e. The van der Waals surface area contributed by atoms with E-state index in [0.717, 1.165) is 11.3 Å². The lowest BCUT2D eigenvalue weighted by molar-refractivity contribution is -0.137. The highest BCUT2D eigenvalue weighted by Gasteiger charge is 2.36. The molecule has 1 aliphatic heterocycles. The SMILES string of the molecule is O=C(/C=C/c1ccccc1N1CCC(C(=O)c2csc(C(F)(F)F)n2)CC1)NO. The number of piperidine rings is 1. The van der Waals surface area contributed by atoms with Crippen LogP contribution in [-0.2, 0) is 11.0 Å². The average Bonchev–Trinajstić information content (AvgIpc) is 3.22. The molecule has 154 valence electrons. The molecule has 0 atom stereocenters. The monoisotopic (exact) mass is 425 g/mol. The number of hydrogen-bond acceptors (Lipinski definition) is 6. The maximum absolute atomic E-state index is 12.7. The van der Waals surface area contributed by atoms with Gasteiger partial charge in [0, 0.05) is 36.2 Å². The fourth-order valence-corrected chi connectivity index (χ4v) is 3.90. The summed E-state index contributed by atoms with van der Waals surface area (Å²) >= 11 is 0.432. The molecular weight excluding hydrogens is 407 g/mol. The zero-order valence-electron chi connectivity index (χ0n) is 15.1. The van der Waals surface area contributed by atoms with Gasteiger partial charge in [-0.05, 0) is 30.5 Å². The second-order valence-electron chi connectivity index (χ2n) is 6.53. The number of benzene rings is 1. The van der Waals surface area contributed by atoms with Gasteiger partial charge >= 0.3 is 6.18 Å². The number of hydrogen-bond donors (Lipinski definition) is 2. The van der Waals surface area contributed by atoms with Crippen molar-refractivity contribution in [3.05, 3.63) is 52.0 Å². The van der Waals surface area contributed by atoms with Crippen molar-refractivity contribution >= 4 is 34.8 Å². The van der Waals surface area contributed by atoms with Gasteiger partial charge in [-0.3, -0.25) is 14.8 Å². The molecule has 1 amide bonds. The average molecular weight is 425 g/mol. The van der Waals surface area contributed by atoms with Crippen molar-refractivity contribution in [3.63, 3.8) is 0 Å². The Labute approximate surface area is 168 Å². The number of carbonyl (C=O) groups is 2. The molecule has 29 heavy (non-hydrogen) atoms. The smallest absolute Gasteiger partial charge is 0.371 e. The Morgan fingerprint density at radius 3 is 2.55 bits per heavy atom. The molecule has 10 heteroatoms. The van der Waals surface area contributed by atoms with Gasteiger partial charge in [0.1, 0.15) is 5.69 Å². The van der Waals surface area contributed by atoms with E-state index in [1.807, 2.05) is 24.3 Å². The van der Waals surface area contributed by atoms with Crippen LogP contribution in [-0.4, -0.2) is 35.0 Å². The molecule has 1 aromatic heterocycles. The first kappa shape index (κ1) is 21.0. The molecule has 2 N–H and O–H groups in total. The second-order valence-corrected chi connectivity index (χ2v) is 7.39. The lowest BCUT2D eigenvalue weighted by Gasteiger charge is -2.33. The number of ketones is 1. The van der Waals surface area contributed by atoms with Crippen LogP contribution >= 0.6 is 11.3 Å². The summed E-state index contributed by atoms with van der Waals surface area (Å²) in [5.74, 6) is -1.38. The Balaban J connectivity index is 1.67. The Kier molecular flexibility index (Phi) is 6.33. The van der Waals surface area contributed by atoms with Gasteiger partial charge in [0.2, 0.25) is 0 Å². The number of hydroxylamine groups is 1. The van der Waals surface area contributed by atoms with E-state index in [9.17, 15) is 22.8 Å². The van der Waals surface area contributed by atoms with Crippen LogP contribution in [0.3, 0.4) is 0 Å². The number of aromatic nitrogens is 1. The predicted octanol–water partition coefficient (Wildman–Crippen LogP) is 3.78. The van der Waals surface area contributed by atoms with Crippen molar-refractivity contribution in [2.24, 2.45) is 5.92 Å². The number of nitrogens with zero attached hydrogens (tertiary/aromatic N) is 2. The molecule has 1 fully saturated rings. The van der Waals surface area contributed by atoms with Crippen LogP contribution in [0, 0.1) is 5.92 Å². The molecule has 0 bridgehead atoms. The Hall–Kier alpha value is -2.72. The van der Waals surface area contributed by atoms with Gasteiger partial charge in [0.15, 0.2) is 10.8 Å². The third kappa shape index (κ3) is 5.01. The minimum atomic E-state index is -4.54. The summed E-state index contributed by atoms with van der Waals surface area (Å²) in [6.45, 7) is 1.09. The number of thiazole rings is 1.